The summed E-state index contributed by atoms with van der Waals surface area (Å²) < 4.78 is 39.8. The van der Waals surface area contributed by atoms with Crippen molar-refractivity contribution >= 4 is 21.8 Å². The van der Waals surface area contributed by atoms with Gasteiger partial charge in [-0.2, -0.15) is 11.8 Å². The third kappa shape index (κ3) is 5.50. The largest absolute Gasteiger partial charge is 0.240 e. The zero-order chi connectivity index (χ0) is 14.7. The molecule has 0 fully saturated rings. The van der Waals surface area contributed by atoms with Crippen molar-refractivity contribution in [2.45, 2.75) is 37.3 Å². The van der Waals surface area contributed by atoms with Crippen LogP contribution in [0.15, 0.2) is 23.1 Å². The van der Waals surface area contributed by atoms with Gasteiger partial charge in [-0.25, -0.2) is 17.5 Å². The molecular weight excluding hydrogens is 285 g/mol. The van der Waals surface area contributed by atoms with Crippen molar-refractivity contribution in [3.63, 3.8) is 0 Å². The van der Waals surface area contributed by atoms with E-state index in [9.17, 15) is 12.8 Å². The minimum absolute atomic E-state index is 0.00765. The molecule has 108 valence electrons. The molecule has 19 heavy (non-hydrogen) atoms. The Morgan fingerprint density at radius 2 is 1.95 bits per heavy atom. The molecule has 0 atom stereocenters. The number of hydrogen-bond acceptors (Lipinski definition) is 3. The lowest BCUT2D eigenvalue weighted by atomic mass is 10.2. The Hall–Kier alpha value is -0.590. The van der Waals surface area contributed by atoms with E-state index in [0.29, 0.717) is 17.9 Å². The molecule has 0 heterocycles. The molecule has 0 saturated carbocycles. The fourth-order valence-corrected chi connectivity index (χ4v) is 3.71. The van der Waals surface area contributed by atoms with Gasteiger partial charge in [-0.15, -0.1) is 0 Å². The summed E-state index contributed by atoms with van der Waals surface area (Å²) in [5.41, 5.74) is 0.539. The van der Waals surface area contributed by atoms with Crippen LogP contribution in [0, 0.1) is 12.7 Å². The summed E-state index contributed by atoms with van der Waals surface area (Å²) in [7, 11) is -3.63. The van der Waals surface area contributed by atoms with Crippen LogP contribution in [0.3, 0.4) is 0 Å². The van der Waals surface area contributed by atoms with E-state index in [4.69, 9.17) is 0 Å². The lowest BCUT2D eigenvalue weighted by molar-refractivity contribution is 0.579. The van der Waals surface area contributed by atoms with Crippen molar-refractivity contribution in [3.05, 3.63) is 29.6 Å². The first-order valence-electron chi connectivity index (χ1n) is 6.01. The van der Waals surface area contributed by atoms with E-state index < -0.39 is 15.8 Å². The third-order valence-corrected chi connectivity index (χ3v) is 5.25. The molecule has 1 aromatic carbocycles. The van der Waals surface area contributed by atoms with Gasteiger partial charge in [-0.1, -0.05) is 26.8 Å². The van der Waals surface area contributed by atoms with Crippen molar-refractivity contribution in [2.75, 3.05) is 12.3 Å². The van der Waals surface area contributed by atoms with Gasteiger partial charge in [-0.05, 0) is 24.6 Å². The van der Waals surface area contributed by atoms with Gasteiger partial charge in [0.2, 0.25) is 10.0 Å². The maximum Gasteiger partial charge on any atom is 0.240 e. The second-order valence-corrected chi connectivity index (χ2v) is 8.93. The van der Waals surface area contributed by atoms with Crippen molar-refractivity contribution in [1.82, 2.24) is 4.72 Å². The standard InChI is InChI=1S/C13H20FNO2S2/c1-10-5-6-11(14)9-12(10)19(16,17)15-7-8-18-13(2,3)4/h5-6,9,15H,7-8H2,1-4H3. The SMILES string of the molecule is Cc1ccc(F)cc1S(=O)(=O)NCCSC(C)(C)C. The van der Waals surface area contributed by atoms with Crippen molar-refractivity contribution in [1.29, 1.82) is 0 Å². The summed E-state index contributed by atoms with van der Waals surface area (Å²) in [6.45, 7) is 8.20. The highest BCUT2D eigenvalue weighted by atomic mass is 32.2. The Bertz CT molecular complexity index is 536. The Balaban J connectivity index is 2.69. The molecule has 6 heteroatoms. The number of nitrogens with one attached hydrogen (secondary N) is 1. The maximum absolute atomic E-state index is 13.1. The molecule has 0 radical (unpaired) electrons. The fraction of sp³-hybridized carbons (Fsp3) is 0.538. The Morgan fingerprint density at radius 1 is 1.32 bits per heavy atom. The van der Waals surface area contributed by atoms with Crippen molar-refractivity contribution in [2.24, 2.45) is 0 Å². The van der Waals surface area contributed by atoms with Crippen LogP contribution in [-0.2, 0) is 10.0 Å². The normalized spacial score (nSPS) is 12.7. The average Bonchev–Trinajstić information content (AvgIpc) is 2.26. The molecule has 1 aromatic rings. The monoisotopic (exact) mass is 305 g/mol. The first-order chi connectivity index (χ1) is 8.62. The lowest BCUT2D eigenvalue weighted by Gasteiger charge is -2.17. The molecule has 0 unspecified atom stereocenters. The highest BCUT2D eigenvalue weighted by Crippen LogP contribution is 2.22. The Morgan fingerprint density at radius 3 is 2.53 bits per heavy atom. The molecule has 0 amide bonds. The van der Waals surface area contributed by atoms with Crippen LogP contribution in [0.1, 0.15) is 26.3 Å². The van der Waals surface area contributed by atoms with Crippen LogP contribution >= 0.6 is 11.8 Å². The average molecular weight is 305 g/mol. The van der Waals surface area contributed by atoms with Crippen molar-refractivity contribution in [3.8, 4) is 0 Å². The van der Waals surface area contributed by atoms with Crippen LogP contribution in [0.4, 0.5) is 4.39 Å². The van der Waals surface area contributed by atoms with Gasteiger partial charge in [-0.3, -0.25) is 0 Å². The number of halogens is 1. The van der Waals surface area contributed by atoms with Crippen molar-refractivity contribution < 1.29 is 12.8 Å². The van der Waals surface area contributed by atoms with Crippen LogP contribution in [0.2, 0.25) is 0 Å². The van der Waals surface area contributed by atoms with Gasteiger partial charge in [0.05, 0.1) is 4.90 Å². The van der Waals surface area contributed by atoms with Gasteiger partial charge in [0.15, 0.2) is 0 Å². The van der Waals surface area contributed by atoms with Gasteiger partial charge in [0, 0.05) is 17.0 Å². The first kappa shape index (κ1) is 16.5. The summed E-state index contributed by atoms with van der Waals surface area (Å²) in [5.74, 6) is 0.131. The highest BCUT2D eigenvalue weighted by Gasteiger charge is 2.17. The quantitative estimate of drug-likeness (QED) is 0.851. The van der Waals surface area contributed by atoms with Crippen LogP contribution in [0.5, 0.6) is 0 Å². The number of hydrogen-bond donors (Lipinski definition) is 1. The maximum atomic E-state index is 13.1. The van der Waals surface area contributed by atoms with Gasteiger partial charge in [0.25, 0.3) is 0 Å². The third-order valence-electron chi connectivity index (χ3n) is 2.37. The van der Waals surface area contributed by atoms with E-state index >= 15 is 0 Å². The smallest absolute Gasteiger partial charge is 0.210 e. The summed E-state index contributed by atoms with van der Waals surface area (Å²) >= 11 is 1.68. The number of aryl methyl sites for hydroxylation is 1. The van der Waals surface area contributed by atoms with Crippen LogP contribution in [0.25, 0.3) is 0 Å². The minimum atomic E-state index is -3.63. The molecule has 0 aromatic heterocycles. The second-order valence-electron chi connectivity index (χ2n) is 5.27. The highest BCUT2D eigenvalue weighted by molar-refractivity contribution is 8.00. The predicted molar refractivity (Wildman–Crippen MR) is 78.5 cm³/mol. The zero-order valence-corrected chi connectivity index (χ0v) is 13.3. The van der Waals surface area contributed by atoms with Crippen LogP contribution < -0.4 is 4.72 Å². The Kier molecular flexibility index (Phi) is 5.41. The zero-order valence-electron chi connectivity index (χ0n) is 11.7. The van der Waals surface area contributed by atoms with Crippen LogP contribution in [-0.4, -0.2) is 25.5 Å². The van der Waals surface area contributed by atoms with Gasteiger partial charge < -0.3 is 0 Å². The Labute approximate surface area is 119 Å². The van der Waals surface area contributed by atoms with E-state index in [1.807, 2.05) is 0 Å². The minimum Gasteiger partial charge on any atom is -0.210 e. The second kappa shape index (κ2) is 6.24. The summed E-state index contributed by atoms with van der Waals surface area (Å²) in [4.78, 5) is 0.00765. The van der Waals surface area contributed by atoms with Gasteiger partial charge >= 0.3 is 0 Å². The summed E-state index contributed by atoms with van der Waals surface area (Å²) in [6, 6.07) is 3.77. The molecular formula is C13H20FNO2S2. The first-order valence-corrected chi connectivity index (χ1v) is 8.48. The molecule has 1 N–H and O–H groups in total. The number of thioether (sulfide) groups is 1. The van der Waals surface area contributed by atoms with E-state index in [1.54, 1.807) is 18.7 Å². The fourth-order valence-electron chi connectivity index (χ4n) is 1.47. The molecule has 3 nitrogen and oxygen atoms in total. The molecule has 0 aliphatic carbocycles. The molecule has 0 aliphatic rings. The summed E-state index contributed by atoms with van der Waals surface area (Å²) in [6.07, 6.45) is 0. The molecule has 0 aliphatic heterocycles. The number of rotatable bonds is 5. The summed E-state index contributed by atoms with van der Waals surface area (Å²) in [5, 5.41) is 0. The van der Waals surface area contributed by atoms with Gasteiger partial charge in [0.1, 0.15) is 5.82 Å². The predicted octanol–water partition coefficient (Wildman–Crippen LogP) is 2.94. The molecule has 1 rings (SSSR count). The van der Waals surface area contributed by atoms with E-state index in [2.05, 4.69) is 25.5 Å². The molecule has 0 bridgehead atoms. The lowest BCUT2D eigenvalue weighted by Crippen LogP contribution is -2.27. The topological polar surface area (TPSA) is 46.2 Å². The molecule has 0 spiro atoms. The number of sulfonamides is 1. The molecule has 0 saturated heterocycles. The number of benzene rings is 1. The van der Waals surface area contributed by atoms with E-state index in [0.717, 1.165) is 6.07 Å². The van der Waals surface area contributed by atoms with E-state index in [-0.39, 0.29) is 9.64 Å². The van der Waals surface area contributed by atoms with E-state index in [1.165, 1.54) is 12.1 Å².